The first-order valence-corrected chi connectivity index (χ1v) is 11.7. The standard InChI is InChI=1S/C27H30N4O5/c1-16(2)24-28-22-21(14-27(3,35-4)36-5)29-30-25(32)23(22)31(24)15-17-10-12-18(13-11-17)19-8-6-7-9-20(19)26(33)34/h6-13,16H,14-15H2,1-5H3,(H,30,32)(H,33,34). The first kappa shape index (κ1) is 25.3. The minimum absolute atomic E-state index is 0.0580. The van der Waals surface area contributed by atoms with Crippen molar-refractivity contribution in [1.82, 2.24) is 19.7 Å². The van der Waals surface area contributed by atoms with Gasteiger partial charge in [-0.1, -0.05) is 56.3 Å². The van der Waals surface area contributed by atoms with Crippen molar-refractivity contribution in [2.24, 2.45) is 0 Å². The van der Waals surface area contributed by atoms with Crippen molar-refractivity contribution in [3.05, 3.63) is 81.5 Å². The highest BCUT2D eigenvalue weighted by molar-refractivity contribution is 5.96. The molecule has 2 aromatic heterocycles. The number of hydrogen-bond acceptors (Lipinski definition) is 6. The quantitative estimate of drug-likeness (QED) is 0.337. The smallest absolute Gasteiger partial charge is 0.336 e. The molecule has 0 radical (unpaired) electrons. The van der Waals surface area contributed by atoms with Crippen LogP contribution in [0, 0.1) is 0 Å². The predicted molar refractivity (Wildman–Crippen MR) is 136 cm³/mol. The summed E-state index contributed by atoms with van der Waals surface area (Å²) in [6, 6.07) is 14.6. The van der Waals surface area contributed by atoms with Gasteiger partial charge in [0.2, 0.25) is 0 Å². The van der Waals surface area contributed by atoms with Crippen molar-refractivity contribution in [3.8, 4) is 11.1 Å². The Kier molecular flexibility index (Phi) is 7.05. The molecule has 0 bridgehead atoms. The third-order valence-electron chi connectivity index (χ3n) is 6.41. The van der Waals surface area contributed by atoms with Crippen molar-refractivity contribution in [2.45, 2.75) is 45.4 Å². The normalized spacial score (nSPS) is 11.9. The van der Waals surface area contributed by atoms with Gasteiger partial charge in [-0.2, -0.15) is 5.10 Å². The molecule has 0 saturated carbocycles. The van der Waals surface area contributed by atoms with E-state index in [0.717, 1.165) is 17.0 Å². The third-order valence-corrected chi connectivity index (χ3v) is 6.41. The molecule has 0 unspecified atom stereocenters. The van der Waals surface area contributed by atoms with Crippen LogP contribution in [0.15, 0.2) is 53.3 Å². The summed E-state index contributed by atoms with van der Waals surface area (Å²) in [7, 11) is 3.12. The Morgan fingerprint density at radius 1 is 1.11 bits per heavy atom. The maximum absolute atomic E-state index is 12.9. The number of benzene rings is 2. The zero-order valence-corrected chi connectivity index (χ0v) is 21.0. The maximum Gasteiger partial charge on any atom is 0.336 e. The summed E-state index contributed by atoms with van der Waals surface area (Å²) in [4.78, 5) is 29.4. The van der Waals surface area contributed by atoms with E-state index in [1.807, 2.05) is 48.7 Å². The molecule has 0 amide bonds. The molecule has 9 nitrogen and oxygen atoms in total. The summed E-state index contributed by atoms with van der Waals surface area (Å²) >= 11 is 0. The molecule has 36 heavy (non-hydrogen) atoms. The molecule has 2 heterocycles. The average molecular weight is 491 g/mol. The predicted octanol–water partition coefficient (Wildman–Crippen LogP) is 4.21. The number of aromatic carboxylic acids is 1. The van der Waals surface area contributed by atoms with Crippen molar-refractivity contribution in [3.63, 3.8) is 0 Å². The number of ether oxygens (including phenoxy) is 2. The Hall–Kier alpha value is -3.82. The largest absolute Gasteiger partial charge is 0.478 e. The molecule has 0 aliphatic heterocycles. The Bertz CT molecular complexity index is 1450. The lowest BCUT2D eigenvalue weighted by Gasteiger charge is -2.25. The van der Waals surface area contributed by atoms with Crippen LogP contribution in [0.1, 0.15) is 54.1 Å². The maximum atomic E-state index is 12.9. The second-order valence-corrected chi connectivity index (χ2v) is 9.17. The van der Waals surface area contributed by atoms with Crippen LogP contribution in [-0.2, 0) is 22.4 Å². The van der Waals surface area contributed by atoms with E-state index in [1.165, 1.54) is 0 Å². The van der Waals surface area contributed by atoms with E-state index in [9.17, 15) is 14.7 Å². The van der Waals surface area contributed by atoms with E-state index in [4.69, 9.17) is 14.5 Å². The van der Waals surface area contributed by atoms with Gasteiger partial charge in [0, 0.05) is 33.1 Å². The Morgan fingerprint density at radius 3 is 2.39 bits per heavy atom. The zero-order valence-electron chi connectivity index (χ0n) is 21.0. The van der Waals surface area contributed by atoms with Gasteiger partial charge in [0.25, 0.3) is 5.56 Å². The van der Waals surface area contributed by atoms with Crippen LogP contribution in [-0.4, -0.2) is 50.8 Å². The van der Waals surface area contributed by atoms with Crippen LogP contribution in [0.3, 0.4) is 0 Å². The lowest BCUT2D eigenvalue weighted by molar-refractivity contribution is -0.192. The van der Waals surface area contributed by atoms with Gasteiger partial charge in [0.15, 0.2) is 5.79 Å². The average Bonchev–Trinajstić information content (AvgIpc) is 3.26. The minimum Gasteiger partial charge on any atom is -0.478 e. The highest BCUT2D eigenvalue weighted by Gasteiger charge is 2.28. The number of nitrogens with one attached hydrogen (secondary N) is 1. The van der Waals surface area contributed by atoms with Crippen LogP contribution >= 0.6 is 0 Å². The van der Waals surface area contributed by atoms with Crippen molar-refractivity contribution in [2.75, 3.05) is 14.2 Å². The molecule has 0 saturated heterocycles. The van der Waals surface area contributed by atoms with Gasteiger partial charge >= 0.3 is 5.97 Å². The fourth-order valence-corrected chi connectivity index (χ4v) is 4.28. The first-order valence-electron chi connectivity index (χ1n) is 11.7. The molecule has 2 N–H and O–H groups in total. The number of carboxylic acids is 1. The molecule has 0 aliphatic rings. The van der Waals surface area contributed by atoms with Crippen molar-refractivity contribution < 1.29 is 19.4 Å². The van der Waals surface area contributed by atoms with Gasteiger partial charge in [-0.3, -0.25) is 4.79 Å². The lowest BCUT2D eigenvalue weighted by Crippen LogP contribution is -2.33. The SMILES string of the molecule is COC(C)(Cc1n[nH]c(=O)c2c1nc(C(C)C)n2Cc1ccc(-c2ccccc2C(=O)O)cc1)OC. The van der Waals surface area contributed by atoms with E-state index in [-0.39, 0.29) is 17.0 Å². The monoisotopic (exact) mass is 490 g/mol. The molecule has 188 valence electrons. The van der Waals surface area contributed by atoms with Crippen LogP contribution in [0.2, 0.25) is 0 Å². The Labute approximate surface area is 208 Å². The second kappa shape index (κ2) is 10.0. The summed E-state index contributed by atoms with van der Waals surface area (Å²) in [5.41, 5.74) is 3.88. The summed E-state index contributed by atoms with van der Waals surface area (Å²) in [6.07, 6.45) is 0.305. The molecular weight excluding hydrogens is 460 g/mol. The highest BCUT2D eigenvalue weighted by atomic mass is 16.7. The van der Waals surface area contributed by atoms with Crippen LogP contribution in [0.25, 0.3) is 22.2 Å². The second-order valence-electron chi connectivity index (χ2n) is 9.17. The Morgan fingerprint density at radius 2 is 1.78 bits per heavy atom. The molecular formula is C27H30N4O5. The van der Waals surface area contributed by atoms with Crippen molar-refractivity contribution in [1.29, 1.82) is 0 Å². The van der Waals surface area contributed by atoms with E-state index >= 15 is 0 Å². The molecule has 0 aliphatic carbocycles. The first-order chi connectivity index (χ1) is 17.2. The summed E-state index contributed by atoms with van der Waals surface area (Å²) < 4.78 is 12.9. The van der Waals surface area contributed by atoms with Crippen LogP contribution in [0.5, 0.6) is 0 Å². The molecule has 4 aromatic rings. The number of methoxy groups -OCH3 is 2. The number of hydrogen-bond donors (Lipinski definition) is 2. The summed E-state index contributed by atoms with van der Waals surface area (Å²) in [6.45, 7) is 6.28. The van der Waals surface area contributed by atoms with Crippen LogP contribution < -0.4 is 5.56 Å². The van der Waals surface area contributed by atoms with Gasteiger partial charge in [-0.15, -0.1) is 0 Å². The van der Waals surface area contributed by atoms with Gasteiger partial charge in [0.05, 0.1) is 11.3 Å². The van der Waals surface area contributed by atoms with Crippen molar-refractivity contribution >= 4 is 17.0 Å². The van der Waals surface area contributed by atoms with Crippen LogP contribution in [0.4, 0.5) is 0 Å². The third kappa shape index (κ3) is 4.80. The zero-order chi connectivity index (χ0) is 26.0. The molecule has 2 aromatic carbocycles. The van der Waals surface area contributed by atoms with Gasteiger partial charge in [-0.05, 0) is 29.7 Å². The van der Waals surface area contributed by atoms with Gasteiger partial charge < -0.3 is 19.1 Å². The topological polar surface area (TPSA) is 119 Å². The fraction of sp³-hybridized carbons (Fsp3) is 0.333. The molecule has 0 atom stereocenters. The molecule has 9 heteroatoms. The summed E-state index contributed by atoms with van der Waals surface area (Å²) in [5, 5.41) is 16.4. The molecule has 0 spiro atoms. The van der Waals surface area contributed by atoms with E-state index in [2.05, 4.69) is 10.2 Å². The Balaban J connectivity index is 1.76. The van der Waals surface area contributed by atoms with E-state index < -0.39 is 11.8 Å². The van der Waals surface area contributed by atoms with E-state index in [0.29, 0.717) is 35.3 Å². The van der Waals surface area contributed by atoms with E-state index in [1.54, 1.807) is 39.3 Å². The number of carboxylic acid groups (broad SMARTS) is 1. The number of aromatic nitrogens is 4. The molecule has 0 fully saturated rings. The number of carbonyl (C=O) groups is 1. The molecule has 4 rings (SSSR count). The number of nitrogens with zero attached hydrogens (tertiary/aromatic N) is 3. The summed E-state index contributed by atoms with van der Waals surface area (Å²) in [5.74, 6) is -1.06. The lowest BCUT2D eigenvalue weighted by atomic mass is 9.98. The number of imidazole rings is 1. The van der Waals surface area contributed by atoms with Gasteiger partial charge in [0.1, 0.15) is 16.9 Å². The fourth-order valence-electron chi connectivity index (χ4n) is 4.28. The highest BCUT2D eigenvalue weighted by Crippen LogP contribution is 2.27. The number of fused-ring (bicyclic) bond motifs is 1. The minimum atomic E-state index is -0.970. The number of rotatable bonds is 9. The number of aromatic amines is 1. The number of H-pyrrole nitrogens is 1. The van der Waals surface area contributed by atoms with Gasteiger partial charge in [-0.25, -0.2) is 14.9 Å².